The third-order valence-electron chi connectivity index (χ3n) is 1.22. The molecule has 0 saturated heterocycles. The molecule has 0 aromatic carbocycles. The fourth-order valence-electron chi connectivity index (χ4n) is 0.596. The van der Waals surface area contributed by atoms with Crippen molar-refractivity contribution in [2.24, 2.45) is 10.9 Å². The molecule has 0 rings (SSSR count). The Balaban J connectivity index is 4.15. The normalized spacial score (nSPS) is 10.5. The van der Waals surface area contributed by atoms with Gasteiger partial charge in [-0.15, -0.1) is 0 Å². The Morgan fingerprint density at radius 1 is 1.55 bits per heavy atom. The highest BCUT2D eigenvalue weighted by atomic mass is 16.1. The zero-order chi connectivity index (χ0) is 8.85. The monoisotopic (exact) mass is 151 g/mol. The van der Waals surface area contributed by atoms with Crippen LogP contribution in [-0.4, -0.2) is 12.5 Å². The van der Waals surface area contributed by atoms with E-state index >= 15 is 0 Å². The molecule has 0 bridgehead atoms. The third-order valence-corrected chi connectivity index (χ3v) is 1.22. The van der Waals surface area contributed by atoms with E-state index in [-0.39, 0.29) is 11.7 Å². The number of nitrogens with zero attached hydrogens (tertiary/aromatic N) is 1. The van der Waals surface area contributed by atoms with E-state index in [1.54, 1.807) is 6.08 Å². The van der Waals surface area contributed by atoms with Gasteiger partial charge in [-0.2, -0.15) is 0 Å². The second-order valence-corrected chi connectivity index (χ2v) is 2.54. The number of allylic oxidation sites excluding steroid dienone is 2. The van der Waals surface area contributed by atoms with Gasteiger partial charge in [0.2, 0.25) is 0 Å². The minimum absolute atomic E-state index is 0.00281. The van der Waals surface area contributed by atoms with Crippen LogP contribution in [0.25, 0.3) is 0 Å². The maximum atomic E-state index is 11.1. The quantitative estimate of drug-likeness (QED) is 0.343. The van der Waals surface area contributed by atoms with Crippen molar-refractivity contribution in [2.45, 2.75) is 13.8 Å². The van der Waals surface area contributed by atoms with Crippen LogP contribution in [0.15, 0.2) is 29.4 Å². The number of rotatable bonds is 4. The van der Waals surface area contributed by atoms with Gasteiger partial charge in [-0.05, 0) is 12.8 Å². The van der Waals surface area contributed by atoms with Gasteiger partial charge >= 0.3 is 0 Å². The van der Waals surface area contributed by atoms with Crippen molar-refractivity contribution in [3.63, 3.8) is 0 Å². The summed E-state index contributed by atoms with van der Waals surface area (Å²) >= 11 is 0. The van der Waals surface area contributed by atoms with E-state index in [1.165, 1.54) is 6.20 Å². The van der Waals surface area contributed by atoms with E-state index in [0.717, 1.165) is 0 Å². The smallest absolute Gasteiger partial charge is 0.164 e. The Kier molecular flexibility index (Phi) is 4.11. The molecular formula is C9H13NO. The lowest BCUT2D eigenvalue weighted by Crippen LogP contribution is -2.07. The molecule has 0 aliphatic heterocycles. The molecule has 0 aliphatic carbocycles. The molecule has 0 aromatic rings. The maximum Gasteiger partial charge on any atom is 0.164 e. The molecule has 11 heavy (non-hydrogen) atoms. The molecule has 0 unspecified atom stereocenters. The molecule has 0 atom stereocenters. The molecule has 60 valence electrons. The molecule has 0 amide bonds. The predicted octanol–water partition coefficient (Wildman–Crippen LogP) is 1.98. The van der Waals surface area contributed by atoms with Crippen molar-refractivity contribution in [1.29, 1.82) is 0 Å². The van der Waals surface area contributed by atoms with Crippen LogP contribution >= 0.6 is 0 Å². The fraction of sp³-hybridized carbons (Fsp3) is 0.333. The maximum absolute atomic E-state index is 11.1. The Morgan fingerprint density at radius 3 is 2.45 bits per heavy atom. The summed E-state index contributed by atoms with van der Waals surface area (Å²) < 4.78 is 0. The molecule has 0 heterocycles. The van der Waals surface area contributed by atoms with Gasteiger partial charge in [0.05, 0.1) is 0 Å². The number of carbonyl (C=O) groups excluding carboxylic acids is 1. The van der Waals surface area contributed by atoms with Crippen molar-refractivity contribution in [1.82, 2.24) is 0 Å². The van der Waals surface area contributed by atoms with Crippen LogP contribution in [-0.2, 0) is 4.79 Å². The van der Waals surface area contributed by atoms with E-state index in [2.05, 4.69) is 18.3 Å². The molecule has 2 heteroatoms. The van der Waals surface area contributed by atoms with Crippen molar-refractivity contribution in [3.05, 3.63) is 24.4 Å². The molecule has 0 aliphatic rings. The summed E-state index contributed by atoms with van der Waals surface area (Å²) in [5, 5.41) is 0. The molecule has 0 aromatic heterocycles. The Bertz CT molecular complexity index is 202. The van der Waals surface area contributed by atoms with Crippen LogP contribution in [0, 0.1) is 5.92 Å². The lowest BCUT2D eigenvalue weighted by atomic mass is 10.0. The lowest BCUT2D eigenvalue weighted by Gasteiger charge is -2.01. The molecular weight excluding hydrogens is 138 g/mol. The lowest BCUT2D eigenvalue weighted by molar-refractivity contribution is -0.117. The van der Waals surface area contributed by atoms with E-state index in [9.17, 15) is 4.79 Å². The molecule has 0 saturated carbocycles. The highest BCUT2D eigenvalue weighted by Crippen LogP contribution is 2.04. The molecule has 0 spiro atoms. The van der Waals surface area contributed by atoms with Gasteiger partial charge in [0, 0.05) is 17.7 Å². The first kappa shape index (κ1) is 9.82. The van der Waals surface area contributed by atoms with Gasteiger partial charge < -0.3 is 0 Å². The van der Waals surface area contributed by atoms with Crippen molar-refractivity contribution < 1.29 is 4.79 Å². The van der Waals surface area contributed by atoms with Crippen LogP contribution in [0.3, 0.4) is 0 Å². The predicted molar refractivity (Wildman–Crippen MR) is 47.7 cm³/mol. The van der Waals surface area contributed by atoms with Crippen LogP contribution in [0.2, 0.25) is 0 Å². The zero-order valence-electron chi connectivity index (χ0n) is 7.00. The van der Waals surface area contributed by atoms with E-state index in [1.807, 2.05) is 13.8 Å². The first-order chi connectivity index (χ1) is 5.09. The Labute approximate surface area is 67.3 Å². The highest BCUT2D eigenvalue weighted by molar-refractivity contribution is 5.98. The Hall–Kier alpha value is -1.18. The number of ketones is 1. The van der Waals surface area contributed by atoms with Crippen LogP contribution in [0.5, 0.6) is 0 Å². The van der Waals surface area contributed by atoms with E-state index in [0.29, 0.717) is 5.57 Å². The minimum atomic E-state index is -0.00281. The zero-order valence-corrected chi connectivity index (χ0v) is 7.00. The summed E-state index contributed by atoms with van der Waals surface area (Å²) in [5.74, 6) is 0.0434. The van der Waals surface area contributed by atoms with Gasteiger partial charge in [0.25, 0.3) is 0 Å². The summed E-state index contributed by atoms with van der Waals surface area (Å²) in [4.78, 5) is 14.6. The SMILES string of the molecule is C=N/C=C\C(=C)C(=O)C(C)C. The summed E-state index contributed by atoms with van der Waals surface area (Å²) in [6, 6.07) is 0. The van der Waals surface area contributed by atoms with Crippen molar-refractivity contribution >= 4 is 12.5 Å². The molecule has 0 fully saturated rings. The number of aliphatic imine (C=N–C) groups is 1. The van der Waals surface area contributed by atoms with Crippen LogP contribution in [0.4, 0.5) is 0 Å². The van der Waals surface area contributed by atoms with Gasteiger partial charge in [-0.3, -0.25) is 9.79 Å². The Morgan fingerprint density at radius 2 is 2.09 bits per heavy atom. The van der Waals surface area contributed by atoms with Crippen molar-refractivity contribution in [2.75, 3.05) is 0 Å². The van der Waals surface area contributed by atoms with E-state index < -0.39 is 0 Å². The number of Topliss-reactive ketones (excluding diaryl/α,β-unsaturated/α-hetero) is 1. The first-order valence-electron chi connectivity index (χ1n) is 3.45. The standard InChI is InChI=1S/C9H13NO/c1-7(2)9(11)8(3)5-6-10-4/h5-7H,3-4H2,1-2H3/b6-5-. The second-order valence-electron chi connectivity index (χ2n) is 2.54. The summed E-state index contributed by atoms with van der Waals surface area (Å²) in [6.07, 6.45) is 3.03. The average Bonchev–Trinajstić information content (AvgIpc) is 1.98. The summed E-state index contributed by atoms with van der Waals surface area (Å²) in [5.41, 5.74) is 0.479. The fourth-order valence-corrected chi connectivity index (χ4v) is 0.596. The number of hydrogen-bond donors (Lipinski definition) is 0. The summed E-state index contributed by atoms with van der Waals surface area (Å²) in [6.45, 7) is 10.5. The minimum Gasteiger partial charge on any atom is -0.294 e. The van der Waals surface area contributed by atoms with Gasteiger partial charge in [0.1, 0.15) is 0 Å². The third kappa shape index (κ3) is 3.50. The van der Waals surface area contributed by atoms with Crippen LogP contribution in [0.1, 0.15) is 13.8 Å². The second kappa shape index (κ2) is 4.61. The molecule has 2 nitrogen and oxygen atoms in total. The van der Waals surface area contributed by atoms with Gasteiger partial charge in [-0.25, -0.2) is 0 Å². The first-order valence-corrected chi connectivity index (χ1v) is 3.45. The number of carbonyl (C=O) groups is 1. The average molecular weight is 151 g/mol. The van der Waals surface area contributed by atoms with Gasteiger partial charge in [-0.1, -0.05) is 20.4 Å². The molecule has 0 radical (unpaired) electrons. The molecule has 0 N–H and O–H groups in total. The van der Waals surface area contributed by atoms with Crippen LogP contribution < -0.4 is 0 Å². The number of hydrogen-bond acceptors (Lipinski definition) is 2. The highest BCUT2D eigenvalue weighted by Gasteiger charge is 2.07. The summed E-state index contributed by atoms with van der Waals surface area (Å²) in [7, 11) is 0. The van der Waals surface area contributed by atoms with E-state index in [4.69, 9.17) is 0 Å². The van der Waals surface area contributed by atoms with Gasteiger partial charge in [0.15, 0.2) is 5.78 Å². The topological polar surface area (TPSA) is 29.4 Å². The largest absolute Gasteiger partial charge is 0.294 e. The van der Waals surface area contributed by atoms with Crippen molar-refractivity contribution in [3.8, 4) is 0 Å².